The minimum atomic E-state index is 0.0897. The molecule has 96 valence electrons. The minimum Gasteiger partial charge on any atom is -0.325 e. The average Bonchev–Trinajstić information content (AvgIpc) is 2.28. The van der Waals surface area contributed by atoms with E-state index in [1.54, 1.807) is 0 Å². The molecule has 1 rings (SSSR count). The van der Waals surface area contributed by atoms with Crippen molar-refractivity contribution >= 4 is 0 Å². The molecule has 2 unspecified atom stereocenters. The molecule has 0 heterocycles. The van der Waals surface area contributed by atoms with Crippen molar-refractivity contribution in [3.63, 3.8) is 0 Å². The zero-order chi connectivity index (χ0) is 12.2. The highest BCUT2D eigenvalue weighted by atomic mass is 14.7. The van der Waals surface area contributed by atoms with Gasteiger partial charge in [0.2, 0.25) is 0 Å². The second-order valence-electron chi connectivity index (χ2n) is 6.83. The van der Waals surface area contributed by atoms with Crippen molar-refractivity contribution in [3.8, 4) is 0 Å². The molecule has 1 saturated carbocycles. The van der Waals surface area contributed by atoms with Crippen LogP contribution in [0.3, 0.4) is 0 Å². The number of hydrogen-bond donors (Lipinski definition) is 1. The molecule has 2 N–H and O–H groups in total. The van der Waals surface area contributed by atoms with Gasteiger partial charge in [-0.1, -0.05) is 46.5 Å². The third kappa shape index (κ3) is 4.08. The standard InChI is InChI=1S/C15H31N/c1-5-14(2,3)13-9-7-6-8-11-15(4,16)12-10-13/h13H,5-12,16H2,1-4H3. The summed E-state index contributed by atoms with van der Waals surface area (Å²) in [6.45, 7) is 9.44. The molecule has 1 nitrogen and oxygen atoms in total. The molecule has 0 radical (unpaired) electrons. The van der Waals surface area contributed by atoms with Gasteiger partial charge in [-0.05, 0) is 43.9 Å². The van der Waals surface area contributed by atoms with Gasteiger partial charge in [0.1, 0.15) is 0 Å². The van der Waals surface area contributed by atoms with Crippen LogP contribution in [0.4, 0.5) is 0 Å². The smallest absolute Gasteiger partial charge is 0.0126 e. The third-order valence-corrected chi connectivity index (χ3v) is 4.88. The van der Waals surface area contributed by atoms with E-state index < -0.39 is 0 Å². The molecule has 0 aromatic heterocycles. The highest BCUT2D eigenvalue weighted by Gasteiger charge is 2.30. The number of rotatable bonds is 2. The molecule has 2 atom stereocenters. The van der Waals surface area contributed by atoms with Gasteiger partial charge < -0.3 is 5.73 Å². The summed E-state index contributed by atoms with van der Waals surface area (Å²) in [6, 6.07) is 0. The lowest BCUT2D eigenvalue weighted by Gasteiger charge is -2.35. The molecular weight excluding hydrogens is 194 g/mol. The van der Waals surface area contributed by atoms with Crippen molar-refractivity contribution < 1.29 is 0 Å². The van der Waals surface area contributed by atoms with E-state index in [2.05, 4.69) is 27.7 Å². The van der Waals surface area contributed by atoms with Gasteiger partial charge in [0.15, 0.2) is 0 Å². The van der Waals surface area contributed by atoms with Crippen LogP contribution >= 0.6 is 0 Å². The highest BCUT2D eigenvalue weighted by molar-refractivity contribution is 4.85. The summed E-state index contributed by atoms with van der Waals surface area (Å²) in [5.74, 6) is 0.874. The second kappa shape index (κ2) is 5.53. The molecule has 0 bridgehead atoms. The summed E-state index contributed by atoms with van der Waals surface area (Å²) >= 11 is 0. The minimum absolute atomic E-state index is 0.0897. The lowest BCUT2D eigenvalue weighted by Crippen LogP contribution is -2.37. The van der Waals surface area contributed by atoms with Gasteiger partial charge in [-0.2, -0.15) is 0 Å². The molecule has 1 heteroatoms. The Morgan fingerprint density at radius 2 is 1.81 bits per heavy atom. The number of hydrogen-bond acceptors (Lipinski definition) is 1. The molecule has 1 aliphatic rings. The average molecular weight is 225 g/mol. The first-order valence-corrected chi connectivity index (χ1v) is 7.16. The molecule has 0 amide bonds. The van der Waals surface area contributed by atoms with Crippen LogP contribution in [0, 0.1) is 11.3 Å². The van der Waals surface area contributed by atoms with Crippen LogP contribution in [-0.2, 0) is 0 Å². The Bertz CT molecular complexity index is 205. The highest BCUT2D eigenvalue weighted by Crippen LogP contribution is 2.39. The maximum Gasteiger partial charge on any atom is 0.0126 e. The SMILES string of the molecule is CCC(C)(C)C1CCCCCC(C)(N)CC1. The van der Waals surface area contributed by atoms with Crippen molar-refractivity contribution in [2.45, 2.75) is 84.6 Å². The zero-order valence-corrected chi connectivity index (χ0v) is 11.8. The van der Waals surface area contributed by atoms with E-state index in [0.717, 1.165) is 5.92 Å². The second-order valence-corrected chi connectivity index (χ2v) is 6.83. The fourth-order valence-electron chi connectivity index (χ4n) is 2.94. The normalized spacial score (nSPS) is 33.9. The number of nitrogens with two attached hydrogens (primary N) is 1. The fraction of sp³-hybridized carbons (Fsp3) is 1.00. The first-order valence-electron chi connectivity index (χ1n) is 7.16. The molecule has 0 aromatic rings. The Balaban J connectivity index is 2.64. The first kappa shape index (κ1) is 14.0. The Hall–Kier alpha value is -0.0400. The summed E-state index contributed by atoms with van der Waals surface area (Å²) < 4.78 is 0. The predicted octanol–water partition coefficient (Wildman–Crippen LogP) is 4.50. The predicted molar refractivity (Wildman–Crippen MR) is 72.5 cm³/mol. The van der Waals surface area contributed by atoms with E-state index in [4.69, 9.17) is 5.73 Å². The lowest BCUT2D eigenvalue weighted by molar-refractivity contribution is 0.166. The van der Waals surface area contributed by atoms with E-state index in [9.17, 15) is 0 Å². The molecule has 16 heavy (non-hydrogen) atoms. The summed E-state index contributed by atoms with van der Waals surface area (Å²) in [5, 5.41) is 0. The van der Waals surface area contributed by atoms with E-state index >= 15 is 0 Å². The van der Waals surface area contributed by atoms with Crippen LogP contribution in [0.5, 0.6) is 0 Å². The van der Waals surface area contributed by atoms with Crippen LogP contribution in [0.15, 0.2) is 0 Å². The fourth-order valence-corrected chi connectivity index (χ4v) is 2.94. The Morgan fingerprint density at radius 1 is 1.12 bits per heavy atom. The maximum atomic E-state index is 6.36. The monoisotopic (exact) mass is 225 g/mol. The first-order chi connectivity index (χ1) is 7.37. The van der Waals surface area contributed by atoms with E-state index in [0.29, 0.717) is 5.41 Å². The Kier molecular flexibility index (Phi) is 4.85. The van der Waals surface area contributed by atoms with Crippen molar-refractivity contribution in [3.05, 3.63) is 0 Å². The van der Waals surface area contributed by atoms with Gasteiger partial charge in [-0.3, -0.25) is 0 Å². The summed E-state index contributed by atoms with van der Waals surface area (Å²) in [5.41, 5.74) is 6.95. The van der Waals surface area contributed by atoms with Gasteiger partial charge in [0.05, 0.1) is 0 Å². The zero-order valence-electron chi connectivity index (χ0n) is 11.8. The summed E-state index contributed by atoms with van der Waals surface area (Å²) in [4.78, 5) is 0. The Labute approximate surface area is 102 Å². The van der Waals surface area contributed by atoms with Crippen LogP contribution in [-0.4, -0.2) is 5.54 Å². The van der Waals surface area contributed by atoms with Gasteiger partial charge in [0, 0.05) is 5.54 Å². The van der Waals surface area contributed by atoms with Gasteiger partial charge in [0.25, 0.3) is 0 Å². The van der Waals surface area contributed by atoms with Gasteiger partial charge in [-0.25, -0.2) is 0 Å². The molecular formula is C15H31N. The third-order valence-electron chi connectivity index (χ3n) is 4.88. The van der Waals surface area contributed by atoms with Crippen LogP contribution in [0.2, 0.25) is 0 Å². The van der Waals surface area contributed by atoms with Crippen molar-refractivity contribution in [2.24, 2.45) is 17.1 Å². The largest absolute Gasteiger partial charge is 0.325 e. The quantitative estimate of drug-likeness (QED) is 0.735. The molecule has 1 fully saturated rings. The maximum absolute atomic E-state index is 6.36. The topological polar surface area (TPSA) is 26.0 Å². The molecule has 1 aliphatic carbocycles. The van der Waals surface area contributed by atoms with Crippen molar-refractivity contribution in [1.82, 2.24) is 0 Å². The van der Waals surface area contributed by atoms with Crippen LogP contribution in [0.1, 0.15) is 79.1 Å². The Morgan fingerprint density at radius 3 is 2.44 bits per heavy atom. The van der Waals surface area contributed by atoms with E-state index in [-0.39, 0.29) is 5.54 Å². The van der Waals surface area contributed by atoms with Crippen LogP contribution < -0.4 is 5.73 Å². The lowest BCUT2D eigenvalue weighted by atomic mass is 9.71. The molecule has 0 aromatic carbocycles. The van der Waals surface area contributed by atoms with Crippen molar-refractivity contribution in [1.29, 1.82) is 0 Å². The summed E-state index contributed by atoms with van der Waals surface area (Å²) in [7, 11) is 0. The summed E-state index contributed by atoms with van der Waals surface area (Å²) in [6.07, 6.45) is 10.6. The van der Waals surface area contributed by atoms with Gasteiger partial charge in [-0.15, -0.1) is 0 Å². The van der Waals surface area contributed by atoms with Gasteiger partial charge >= 0.3 is 0 Å². The molecule has 0 spiro atoms. The van der Waals surface area contributed by atoms with E-state index in [1.807, 2.05) is 0 Å². The van der Waals surface area contributed by atoms with E-state index in [1.165, 1.54) is 51.4 Å². The molecule has 0 aliphatic heterocycles. The van der Waals surface area contributed by atoms with Crippen molar-refractivity contribution in [2.75, 3.05) is 0 Å². The van der Waals surface area contributed by atoms with Crippen LogP contribution in [0.25, 0.3) is 0 Å². The molecule has 0 saturated heterocycles.